The van der Waals surface area contributed by atoms with E-state index in [2.05, 4.69) is 22.0 Å². The summed E-state index contributed by atoms with van der Waals surface area (Å²) >= 11 is 0. The smallest absolute Gasteiger partial charge is 0.380 e. The van der Waals surface area contributed by atoms with E-state index >= 15 is 0 Å². The van der Waals surface area contributed by atoms with Crippen LogP contribution in [0.25, 0.3) is 6.08 Å². The largest absolute Gasteiger partial charge is 0.495 e. The molecule has 1 fully saturated rings. The fraction of sp³-hybridized carbons (Fsp3) is 0.370. The summed E-state index contributed by atoms with van der Waals surface area (Å²) in [5.41, 5.74) is 1.47. The molecule has 2 atom stereocenters. The van der Waals surface area contributed by atoms with Gasteiger partial charge in [0, 0.05) is 18.7 Å². The normalized spacial score (nSPS) is 23.9. The summed E-state index contributed by atoms with van der Waals surface area (Å²) in [6.07, 6.45) is 5.38. The third-order valence-corrected chi connectivity index (χ3v) is 6.56. The van der Waals surface area contributed by atoms with E-state index in [1.807, 2.05) is 30.6 Å². The predicted octanol–water partition coefficient (Wildman–Crippen LogP) is 4.31. The lowest BCUT2D eigenvalue weighted by Crippen LogP contribution is -2.54. The standard InChI is InChI=1S/C27H29FN4O4/c1-4-35-26(33)27(21-8-5-9-22(28)15-21)32-12-6-7-20(25(32)30-36-27)13-19-10-11-23(24(14-19)34-3)31-16-18(2)29-17-31/h5,8-11,13-15,17-18H,4,6-7,12,16H2,1-3H3. The number of fused-ring (bicyclic) bond motifs is 1. The number of hydrogen-bond acceptors (Lipinski definition) is 8. The molecule has 188 valence electrons. The van der Waals surface area contributed by atoms with Crippen molar-refractivity contribution in [1.29, 1.82) is 0 Å². The molecule has 2 unspecified atom stereocenters. The second-order valence-corrected chi connectivity index (χ2v) is 9.00. The van der Waals surface area contributed by atoms with E-state index in [-0.39, 0.29) is 12.6 Å². The maximum Gasteiger partial charge on any atom is 0.380 e. The third-order valence-electron chi connectivity index (χ3n) is 6.56. The first-order chi connectivity index (χ1) is 17.5. The topological polar surface area (TPSA) is 76.0 Å². The molecule has 1 saturated heterocycles. The fourth-order valence-corrected chi connectivity index (χ4v) is 4.89. The molecule has 3 aliphatic rings. The number of nitrogens with zero attached hydrogens (tertiary/aromatic N) is 4. The van der Waals surface area contributed by atoms with Gasteiger partial charge in [0.1, 0.15) is 11.6 Å². The predicted molar refractivity (Wildman–Crippen MR) is 135 cm³/mol. The Labute approximate surface area is 209 Å². The van der Waals surface area contributed by atoms with Crippen LogP contribution in [-0.4, -0.2) is 55.9 Å². The number of aliphatic imine (C=N–C) groups is 1. The van der Waals surface area contributed by atoms with Crippen molar-refractivity contribution in [2.24, 2.45) is 10.1 Å². The quantitative estimate of drug-likeness (QED) is 0.560. The van der Waals surface area contributed by atoms with Crippen molar-refractivity contribution in [3.8, 4) is 5.75 Å². The Balaban J connectivity index is 1.49. The number of rotatable bonds is 6. The van der Waals surface area contributed by atoms with Crippen molar-refractivity contribution in [3.05, 3.63) is 65.0 Å². The molecule has 0 radical (unpaired) electrons. The number of ether oxygens (including phenoxy) is 2. The molecule has 3 heterocycles. The minimum Gasteiger partial charge on any atom is -0.495 e. The average Bonchev–Trinajstić information content (AvgIpc) is 3.49. The van der Waals surface area contributed by atoms with Crippen molar-refractivity contribution >= 4 is 29.9 Å². The lowest BCUT2D eigenvalue weighted by atomic mass is 9.94. The molecule has 8 nitrogen and oxygen atoms in total. The highest BCUT2D eigenvalue weighted by atomic mass is 19.1. The highest BCUT2D eigenvalue weighted by Gasteiger charge is 2.57. The zero-order valence-electron chi connectivity index (χ0n) is 20.6. The molecule has 36 heavy (non-hydrogen) atoms. The van der Waals surface area contributed by atoms with Crippen LogP contribution in [0.15, 0.2) is 58.2 Å². The van der Waals surface area contributed by atoms with Gasteiger partial charge in [-0.05, 0) is 68.2 Å². The summed E-state index contributed by atoms with van der Waals surface area (Å²) in [5.74, 6) is 0.193. The molecular formula is C27H29FN4O4. The van der Waals surface area contributed by atoms with Gasteiger partial charge in [0.15, 0.2) is 5.84 Å². The number of halogens is 1. The Kier molecular flexibility index (Phi) is 6.38. The van der Waals surface area contributed by atoms with Crippen LogP contribution in [0.1, 0.15) is 37.8 Å². The van der Waals surface area contributed by atoms with Gasteiger partial charge in [-0.15, -0.1) is 0 Å². The molecule has 2 aromatic rings. The number of oxime groups is 1. The molecule has 0 bridgehead atoms. The lowest BCUT2D eigenvalue weighted by Gasteiger charge is -2.37. The number of anilines is 1. The third kappa shape index (κ3) is 4.08. The summed E-state index contributed by atoms with van der Waals surface area (Å²) in [7, 11) is 1.65. The minimum atomic E-state index is -1.67. The van der Waals surface area contributed by atoms with Crippen molar-refractivity contribution in [3.63, 3.8) is 0 Å². The Morgan fingerprint density at radius 2 is 2.17 bits per heavy atom. The molecule has 0 N–H and O–H groups in total. The first kappa shape index (κ1) is 23.8. The van der Waals surface area contributed by atoms with E-state index in [1.165, 1.54) is 12.1 Å². The van der Waals surface area contributed by atoms with E-state index in [0.29, 0.717) is 17.9 Å². The van der Waals surface area contributed by atoms with Crippen molar-refractivity contribution in [1.82, 2.24) is 4.90 Å². The molecule has 0 amide bonds. The average molecular weight is 493 g/mol. The number of hydrogen-bond donors (Lipinski definition) is 0. The number of piperidine rings is 1. The Hall–Kier alpha value is -3.88. The highest BCUT2D eigenvalue weighted by molar-refractivity contribution is 6.06. The number of carbonyl (C=O) groups is 1. The van der Waals surface area contributed by atoms with Gasteiger partial charge in [-0.1, -0.05) is 23.4 Å². The summed E-state index contributed by atoms with van der Waals surface area (Å²) in [5, 5.41) is 4.32. The van der Waals surface area contributed by atoms with Gasteiger partial charge >= 0.3 is 11.7 Å². The lowest BCUT2D eigenvalue weighted by molar-refractivity contribution is -0.189. The highest BCUT2D eigenvalue weighted by Crippen LogP contribution is 2.42. The maximum absolute atomic E-state index is 14.2. The molecule has 0 spiro atoms. The van der Waals surface area contributed by atoms with Gasteiger partial charge in [-0.2, -0.15) is 0 Å². The van der Waals surface area contributed by atoms with Crippen LogP contribution < -0.4 is 9.64 Å². The maximum atomic E-state index is 14.2. The molecular weight excluding hydrogens is 463 g/mol. The van der Waals surface area contributed by atoms with E-state index in [0.717, 1.165) is 42.0 Å². The monoisotopic (exact) mass is 492 g/mol. The van der Waals surface area contributed by atoms with Crippen molar-refractivity contribution in [2.75, 3.05) is 31.7 Å². The number of methoxy groups -OCH3 is 1. The zero-order chi connectivity index (χ0) is 25.3. The Morgan fingerprint density at radius 3 is 2.89 bits per heavy atom. The van der Waals surface area contributed by atoms with Gasteiger partial charge in [0.05, 0.1) is 31.8 Å². The SMILES string of the molecule is CCOC(=O)C1(c2cccc(F)c2)ON=C2C(=Cc3ccc(N4C=NC(C)C4)c(OC)c3)CCCN21. The van der Waals surface area contributed by atoms with Crippen LogP contribution in [-0.2, 0) is 20.1 Å². The Bertz CT molecular complexity index is 1260. The molecule has 0 aliphatic carbocycles. The van der Waals surface area contributed by atoms with Crippen LogP contribution in [0.3, 0.4) is 0 Å². The molecule has 2 aromatic carbocycles. The number of benzene rings is 2. The van der Waals surface area contributed by atoms with Crippen LogP contribution >= 0.6 is 0 Å². The van der Waals surface area contributed by atoms with Gasteiger partial charge in [0.25, 0.3) is 0 Å². The van der Waals surface area contributed by atoms with Gasteiger partial charge in [0.2, 0.25) is 0 Å². The fourth-order valence-electron chi connectivity index (χ4n) is 4.89. The van der Waals surface area contributed by atoms with Gasteiger partial charge in [-0.3, -0.25) is 4.99 Å². The molecule has 0 saturated carbocycles. The summed E-state index contributed by atoms with van der Waals surface area (Å²) in [6, 6.07) is 12.1. The zero-order valence-corrected chi connectivity index (χ0v) is 20.6. The van der Waals surface area contributed by atoms with E-state index in [4.69, 9.17) is 14.3 Å². The van der Waals surface area contributed by atoms with Crippen LogP contribution in [0.5, 0.6) is 5.75 Å². The van der Waals surface area contributed by atoms with Gasteiger partial charge < -0.3 is 24.1 Å². The Morgan fingerprint density at radius 1 is 1.31 bits per heavy atom. The van der Waals surface area contributed by atoms with Gasteiger partial charge in [-0.25, -0.2) is 9.18 Å². The van der Waals surface area contributed by atoms with Crippen molar-refractivity contribution in [2.45, 2.75) is 38.5 Å². The first-order valence-electron chi connectivity index (χ1n) is 12.1. The molecule has 5 rings (SSSR count). The second kappa shape index (κ2) is 9.64. The number of carbonyl (C=O) groups excluding carboxylic acids is 1. The summed E-state index contributed by atoms with van der Waals surface area (Å²) in [4.78, 5) is 27.4. The summed E-state index contributed by atoms with van der Waals surface area (Å²) in [6.45, 7) is 5.27. The van der Waals surface area contributed by atoms with E-state index in [1.54, 1.807) is 31.1 Å². The van der Waals surface area contributed by atoms with E-state index < -0.39 is 17.5 Å². The number of esters is 1. The second-order valence-electron chi connectivity index (χ2n) is 9.00. The minimum absolute atomic E-state index is 0.164. The van der Waals surface area contributed by atoms with E-state index in [9.17, 15) is 9.18 Å². The van der Waals surface area contributed by atoms with Crippen LogP contribution in [0.2, 0.25) is 0 Å². The molecule has 9 heteroatoms. The summed E-state index contributed by atoms with van der Waals surface area (Å²) < 4.78 is 25.2. The molecule has 0 aromatic heterocycles. The van der Waals surface area contributed by atoms with Crippen molar-refractivity contribution < 1.29 is 23.5 Å². The molecule has 3 aliphatic heterocycles. The van der Waals surface area contributed by atoms with Crippen LogP contribution in [0.4, 0.5) is 10.1 Å². The first-order valence-corrected chi connectivity index (χ1v) is 12.1. The number of amidine groups is 1. The van der Waals surface area contributed by atoms with Crippen LogP contribution in [0, 0.1) is 5.82 Å².